The molecule has 0 spiro atoms. The zero-order chi connectivity index (χ0) is 13.3. The average Bonchev–Trinajstić information content (AvgIpc) is 2.67. The summed E-state index contributed by atoms with van der Waals surface area (Å²) in [6.07, 6.45) is 1.50. The lowest BCUT2D eigenvalue weighted by Crippen LogP contribution is -2.01. The smallest absolute Gasteiger partial charge is 0.337 e. The van der Waals surface area contributed by atoms with Crippen LogP contribution >= 0.6 is 31.9 Å². The molecule has 3 nitrogen and oxygen atoms in total. The normalized spacial score (nSPS) is 10.6. The third-order valence-electron chi connectivity index (χ3n) is 2.46. The van der Waals surface area contributed by atoms with Crippen LogP contribution in [0.1, 0.15) is 15.9 Å². The molecule has 0 unspecified atom stereocenters. The van der Waals surface area contributed by atoms with Crippen LogP contribution in [0.3, 0.4) is 0 Å². The fourth-order valence-electron chi connectivity index (χ4n) is 1.57. The molecule has 0 fully saturated rings. The van der Waals surface area contributed by atoms with Crippen molar-refractivity contribution in [3.8, 4) is 0 Å². The highest BCUT2D eigenvalue weighted by Gasteiger charge is 2.11. The molecule has 0 saturated heterocycles. The molecule has 0 aliphatic heterocycles. The molecule has 0 saturated carbocycles. The average molecular weight is 377 g/mol. The molecule has 1 aromatic carbocycles. The second-order valence-corrected chi connectivity index (χ2v) is 5.30. The molecule has 0 amide bonds. The molecule has 2 aromatic rings. The van der Waals surface area contributed by atoms with Crippen molar-refractivity contribution in [2.24, 2.45) is 0 Å². The first-order chi connectivity index (χ1) is 8.49. The Kier molecular flexibility index (Phi) is 3.87. The number of carboxylic acid groups (broad SMARTS) is 1. The van der Waals surface area contributed by atoms with Gasteiger partial charge in [-0.2, -0.15) is 0 Å². The van der Waals surface area contributed by atoms with Gasteiger partial charge in [0.2, 0.25) is 0 Å². The fraction of sp³-hybridized carbons (Fsp3) is 0.0833. The minimum absolute atomic E-state index is 0.189. The highest BCUT2D eigenvalue weighted by atomic mass is 79.9. The van der Waals surface area contributed by atoms with Gasteiger partial charge in [-0.3, -0.25) is 0 Å². The summed E-state index contributed by atoms with van der Waals surface area (Å²) in [6, 6.07) is 6.27. The van der Waals surface area contributed by atoms with E-state index in [9.17, 15) is 9.18 Å². The number of aromatic nitrogens is 1. The molecule has 1 aromatic heterocycles. The zero-order valence-corrected chi connectivity index (χ0v) is 12.2. The quantitative estimate of drug-likeness (QED) is 0.882. The van der Waals surface area contributed by atoms with Gasteiger partial charge in [0, 0.05) is 12.7 Å². The van der Waals surface area contributed by atoms with Crippen molar-refractivity contribution in [3.05, 3.63) is 56.5 Å². The number of hydrogen-bond donors (Lipinski definition) is 1. The molecule has 2 rings (SSSR count). The second kappa shape index (κ2) is 5.24. The van der Waals surface area contributed by atoms with Gasteiger partial charge in [0.15, 0.2) is 0 Å². The Hall–Kier alpha value is -1.14. The number of halogens is 3. The van der Waals surface area contributed by atoms with Crippen LogP contribution in [0.25, 0.3) is 0 Å². The van der Waals surface area contributed by atoms with E-state index >= 15 is 0 Å². The Morgan fingerprint density at radius 1 is 1.39 bits per heavy atom. The van der Waals surface area contributed by atoms with E-state index in [1.54, 1.807) is 16.7 Å². The number of aromatic carboxylic acids is 1. The highest BCUT2D eigenvalue weighted by Crippen LogP contribution is 2.24. The number of benzene rings is 1. The van der Waals surface area contributed by atoms with Crippen molar-refractivity contribution >= 4 is 37.8 Å². The van der Waals surface area contributed by atoms with E-state index in [-0.39, 0.29) is 11.4 Å². The summed E-state index contributed by atoms with van der Waals surface area (Å²) < 4.78 is 16.1. The SMILES string of the molecule is O=C(O)c1cc(Br)n(Cc2cccc(F)c2Br)c1. The summed E-state index contributed by atoms with van der Waals surface area (Å²) in [5.74, 6) is -1.33. The van der Waals surface area contributed by atoms with Crippen LogP contribution in [0.15, 0.2) is 39.5 Å². The van der Waals surface area contributed by atoms with Crippen molar-refractivity contribution in [2.75, 3.05) is 0 Å². The van der Waals surface area contributed by atoms with E-state index < -0.39 is 5.97 Å². The maximum absolute atomic E-state index is 13.4. The van der Waals surface area contributed by atoms with Crippen LogP contribution in [0.2, 0.25) is 0 Å². The second-order valence-electron chi connectivity index (χ2n) is 3.70. The summed E-state index contributed by atoms with van der Waals surface area (Å²) in [6.45, 7) is 0.381. The molecule has 0 aliphatic rings. The molecule has 0 atom stereocenters. The number of carbonyl (C=O) groups is 1. The maximum atomic E-state index is 13.4. The monoisotopic (exact) mass is 375 g/mol. The van der Waals surface area contributed by atoms with Crippen molar-refractivity contribution in [2.45, 2.75) is 6.54 Å². The first kappa shape index (κ1) is 13.3. The molecular formula is C12H8Br2FNO2. The van der Waals surface area contributed by atoms with Crippen LogP contribution in [0.5, 0.6) is 0 Å². The topological polar surface area (TPSA) is 42.2 Å². The molecule has 94 valence electrons. The van der Waals surface area contributed by atoms with Gasteiger partial charge in [0.1, 0.15) is 5.82 Å². The van der Waals surface area contributed by atoms with Crippen LogP contribution in [-0.4, -0.2) is 15.6 Å². The van der Waals surface area contributed by atoms with Crippen LogP contribution in [0.4, 0.5) is 4.39 Å². The van der Waals surface area contributed by atoms with Gasteiger partial charge in [0.05, 0.1) is 14.6 Å². The van der Waals surface area contributed by atoms with E-state index in [0.29, 0.717) is 15.6 Å². The number of hydrogen-bond acceptors (Lipinski definition) is 1. The standard InChI is InChI=1S/C12H8Br2FNO2/c13-10-4-8(12(17)18)6-16(10)5-7-2-1-3-9(15)11(7)14/h1-4,6H,5H2,(H,17,18). The third-order valence-corrected chi connectivity index (χ3v) is 4.04. The van der Waals surface area contributed by atoms with Gasteiger partial charge in [-0.05, 0) is 49.6 Å². The Bertz CT molecular complexity index is 610. The Morgan fingerprint density at radius 3 is 2.72 bits per heavy atom. The first-order valence-corrected chi connectivity index (χ1v) is 6.59. The van der Waals surface area contributed by atoms with E-state index in [1.165, 1.54) is 18.3 Å². The van der Waals surface area contributed by atoms with Crippen molar-refractivity contribution < 1.29 is 14.3 Å². The van der Waals surface area contributed by atoms with Gasteiger partial charge in [-0.15, -0.1) is 0 Å². The van der Waals surface area contributed by atoms with Gasteiger partial charge in [-0.1, -0.05) is 12.1 Å². The third kappa shape index (κ3) is 2.64. The minimum atomic E-state index is -0.993. The molecule has 18 heavy (non-hydrogen) atoms. The van der Waals surface area contributed by atoms with Gasteiger partial charge < -0.3 is 9.67 Å². The summed E-state index contributed by atoms with van der Waals surface area (Å²) in [7, 11) is 0. The summed E-state index contributed by atoms with van der Waals surface area (Å²) in [5, 5.41) is 8.88. The first-order valence-electron chi connectivity index (χ1n) is 5.01. The van der Waals surface area contributed by atoms with E-state index in [4.69, 9.17) is 5.11 Å². The maximum Gasteiger partial charge on any atom is 0.337 e. The molecule has 0 radical (unpaired) electrons. The van der Waals surface area contributed by atoms with E-state index in [1.807, 2.05) is 0 Å². The van der Waals surface area contributed by atoms with Crippen molar-refractivity contribution in [1.29, 1.82) is 0 Å². The van der Waals surface area contributed by atoms with Crippen molar-refractivity contribution in [3.63, 3.8) is 0 Å². The van der Waals surface area contributed by atoms with Crippen LogP contribution in [0, 0.1) is 5.82 Å². The van der Waals surface area contributed by atoms with Gasteiger partial charge >= 0.3 is 5.97 Å². The lowest BCUT2D eigenvalue weighted by molar-refractivity contribution is 0.0697. The lowest BCUT2D eigenvalue weighted by Gasteiger charge is -2.07. The molecule has 6 heteroatoms. The predicted octanol–water partition coefficient (Wildman–Crippen LogP) is 3.90. The molecule has 0 bridgehead atoms. The summed E-state index contributed by atoms with van der Waals surface area (Å²) in [5.41, 5.74) is 0.928. The Labute approximate surface area is 119 Å². The number of rotatable bonds is 3. The summed E-state index contributed by atoms with van der Waals surface area (Å²) >= 11 is 6.45. The highest BCUT2D eigenvalue weighted by molar-refractivity contribution is 9.10. The van der Waals surface area contributed by atoms with Gasteiger partial charge in [-0.25, -0.2) is 9.18 Å². The minimum Gasteiger partial charge on any atom is -0.478 e. The molecule has 1 N–H and O–H groups in total. The summed E-state index contributed by atoms with van der Waals surface area (Å²) in [4.78, 5) is 10.8. The number of nitrogens with zero attached hydrogens (tertiary/aromatic N) is 1. The lowest BCUT2D eigenvalue weighted by atomic mass is 10.2. The fourth-order valence-corrected chi connectivity index (χ4v) is 2.43. The zero-order valence-electron chi connectivity index (χ0n) is 9.03. The van der Waals surface area contributed by atoms with Crippen LogP contribution in [-0.2, 0) is 6.54 Å². The van der Waals surface area contributed by atoms with Crippen LogP contribution < -0.4 is 0 Å². The van der Waals surface area contributed by atoms with Gasteiger partial charge in [0.25, 0.3) is 0 Å². The molecular weight excluding hydrogens is 369 g/mol. The molecule has 0 aliphatic carbocycles. The van der Waals surface area contributed by atoms with E-state index in [2.05, 4.69) is 31.9 Å². The van der Waals surface area contributed by atoms with Crippen molar-refractivity contribution in [1.82, 2.24) is 4.57 Å². The van der Waals surface area contributed by atoms with E-state index in [0.717, 1.165) is 5.56 Å². The Morgan fingerprint density at radius 2 is 2.11 bits per heavy atom. The molecule has 1 heterocycles. The predicted molar refractivity (Wildman–Crippen MR) is 72.3 cm³/mol. The largest absolute Gasteiger partial charge is 0.478 e. The number of carboxylic acids is 1. The Balaban J connectivity index is 2.34.